The van der Waals surface area contributed by atoms with Gasteiger partial charge in [0.25, 0.3) is 0 Å². The summed E-state index contributed by atoms with van der Waals surface area (Å²) in [6.45, 7) is 0.412. The molecule has 0 rings (SSSR count). The Morgan fingerprint density at radius 2 is 1.68 bits per heavy atom. The molecule has 0 spiro atoms. The zero-order valence-electron chi connectivity index (χ0n) is 12.5. The lowest BCUT2D eigenvalue weighted by Gasteiger charge is -2.06. The van der Waals surface area contributed by atoms with Gasteiger partial charge >= 0.3 is 0 Å². The summed E-state index contributed by atoms with van der Waals surface area (Å²) >= 11 is 0. The van der Waals surface area contributed by atoms with Crippen LogP contribution < -0.4 is 16.0 Å². The van der Waals surface area contributed by atoms with Crippen molar-refractivity contribution in [2.24, 2.45) is 0 Å². The molecule has 4 N–H and O–H groups in total. The number of aliphatic hydroxyl groups is 1. The number of carbonyl (C=O) groups is 4. The predicted octanol–water partition coefficient (Wildman–Crippen LogP) is -1.36. The molecule has 124 valence electrons. The van der Waals surface area contributed by atoms with Crippen LogP contribution in [0.5, 0.6) is 0 Å². The maximum atomic E-state index is 11.4. The SMILES string of the molecule is O=C/C=C\C(=O)NCCCCCC(=O)NCC(=O)NCCO. The number of hydrogen-bond donors (Lipinski definition) is 4. The number of rotatable bonds is 12. The number of unbranched alkanes of at least 4 members (excludes halogenated alkanes) is 2. The Bertz CT molecular complexity index is 396. The van der Waals surface area contributed by atoms with Crippen LogP contribution in [0.3, 0.4) is 0 Å². The fraction of sp³-hybridized carbons (Fsp3) is 0.571. The predicted molar refractivity (Wildman–Crippen MR) is 79.8 cm³/mol. The maximum absolute atomic E-state index is 11.4. The Kier molecular flexibility index (Phi) is 12.4. The van der Waals surface area contributed by atoms with E-state index in [1.807, 2.05) is 0 Å². The lowest BCUT2D eigenvalue weighted by atomic mass is 10.2. The van der Waals surface area contributed by atoms with Crippen LogP contribution in [-0.4, -0.2) is 55.4 Å². The molecule has 8 heteroatoms. The van der Waals surface area contributed by atoms with E-state index in [4.69, 9.17) is 5.11 Å². The first-order valence-corrected chi connectivity index (χ1v) is 7.14. The summed E-state index contributed by atoms with van der Waals surface area (Å²) in [5, 5.41) is 16.0. The third kappa shape index (κ3) is 12.8. The van der Waals surface area contributed by atoms with Gasteiger partial charge in [-0.05, 0) is 18.9 Å². The molecule has 0 aliphatic rings. The first-order chi connectivity index (χ1) is 10.6. The Morgan fingerprint density at radius 3 is 2.36 bits per heavy atom. The fourth-order valence-electron chi connectivity index (χ4n) is 1.51. The van der Waals surface area contributed by atoms with Crippen molar-refractivity contribution >= 4 is 24.0 Å². The van der Waals surface area contributed by atoms with E-state index in [1.165, 1.54) is 0 Å². The highest BCUT2D eigenvalue weighted by atomic mass is 16.3. The molecule has 22 heavy (non-hydrogen) atoms. The van der Waals surface area contributed by atoms with Crippen molar-refractivity contribution < 1.29 is 24.3 Å². The molecule has 0 aromatic heterocycles. The van der Waals surface area contributed by atoms with Crippen LogP contribution in [0.4, 0.5) is 0 Å². The minimum atomic E-state index is -0.339. The van der Waals surface area contributed by atoms with Crippen LogP contribution in [0.2, 0.25) is 0 Å². The van der Waals surface area contributed by atoms with E-state index in [0.717, 1.165) is 25.0 Å². The number of aldehydes is 1. The largest absolute Gasteiger partial charge is 0.395 e. The van der Waals surface area contributed by atoms with E-state index in [2.05, 4.69) is 16.0 Å². The third-order valence-electron chi connectivity index (χ3n) is 2.59. The number of hydrogen-bond acceptors (Lipinski definition) is 5. The standard InChI is InChI=1S/C14H23N3O5/c18-9-4-6-12(20)15-7-3-1-2-5-13(21)17-11-14(22)16-8-10-19/h4,6,9,19H,1-3,5,7-8,10-11H2,(H,15,20)(H,16,22)(H,17,21)/b6-4-. The van der Waals surface area contributed by atoms with Gasteiger partial charge in [-0.1, -0.05) is 6.42 Å². The highest BCUT2D eigenvalue weighted by Gasteiger charge is 2.04. The maximum Gasteiger partial charge on any atom is 0.244 e. The van der Waals surface area contributed by atoms with Gasteiger partial charge in [-0.2, -0.15) is 0 Å². The number of aliphatic hydroxyl groups excluding tert-OH is 1. The van der Waals surface area contributed by atoms with Gasteiger partial charge in [0, 0.05) is 25.6 Å². The lowest BCUT2D eigenvalue weighted by molar-refractivity contribution is -0.126. The van der Waals surface area contributed by atoms with Crippen LogP contribution in [0.15, 0.2) is 12.2 Å². The molecule has 3 amide bonds. The van der Waals surface area contributed by atoms with Crippen molar-refractivity contribution in [1.29, 1.82) is 0 Å². The minimum absolute atomic E-state index is 0.0992. The molecular weight excluding hydrogens is 290 g/mol. The van der Waals surface area contributed by atoms with Crippen molar-refractivity contribution in [3.05, 3.63) is 12.2 Å². The molecule has 0 fully saturated rings. The second kappa shape index (κ2) is 13.7. The highest BCUT2D eigenvalue weighted by molar-refractivity contribution is 5.90. The molecule has 0 heterocycles. The van der Waals surface area contributed by atoms with Gasteiger partial charge < -0.3 is 21.1 Å². The van der Waals surface area contributed by atoms with E-state index in [-0.39, 0.29) is 37.4 Å². The van der Waals surface area contributed by atoms with Crippen LogP contribution in [-0.2, 0) is 19.2 Å². The van der Waals surface area contributed by atoms with Gasteiger partial charge in [-0.25, -0.2) is 0 Å². The quantitative estimate of drug-likeness (QED) is 0.201. The molecule has 0 aliphatic heterocycles. The zero-order chi connectivity index (χ0) is 16.6. The highest BCUT2D eigenvalue weighted by Crippen LogP contribution is 1.98. The molecule has 0 unspecified atom stereocenters. The van der Waals surface area contributed by atoms with Gasteiger partial charge in [0.2, 0.25) is 17.7 Å². The Morgan fingerprint density at radius 1 is 0.909 bits per heavy atom. The van der Waals surface area contributed by atoms with Gasteiger partial charge in [0.1, 0.15) is 6.29 Å². The topological polar surface area (TPSA) is 125 Å². The van der Waals surface area contributed by atoms with E-state index in [9.17, 15) is 19.2 Å². The van der Waals surface area contributed by atoms with E-state index in [1.54, 1.807) is 0 Å². The monoisotopic (exact) mass is 313 g/mol. The Hall–Kier alpha value is -2.22. The van der Waals surface area contributed by atoms with Crippen LogP contribution in [0.25, 0.3) is 0 Å². The van der Waals surface area contributed by atoms with Crippen LogP contribution >= 0.6 is 0 Å². The fourth-order valence-corrected chi connectivity index (χ4v) is 1.51. The number of nitrogens with one attached hydrogen (secondary N) is 3. The summed E-state index contributed by atoms with van der Waals surface area (Å²) in [6, 6.07) is 0. The molecular formula is C14H23N3O5. The summed E-state index contributed by atoms with van der Waals surface area (Å²) in [6.07, 6.45) is 5.27. The van der Waals surface area contributed by atoms with E-state index in [0.29, 0.717) is 25.7 Å². The molecule has 0 bridgehead atoms. The summed E-state index contributed by atoms with van der Waals surface area (Å²) in [7, 11) is 0. The molecule has 0 aliphatic carbocycles. The number of amides is 3. The normalized spacial score (nSPS) is 10.2. The minimum Gasteiger partial charge on any atom is -0.395 e. The third-order valence-corrected chi connectivity index (χ3v) is 2.59. The molecule has 0 saturated carbocycles. The van der Waals surface area contributed by atoms with Gasteiger partial charge in [-0.15, -0.1) is 0 Å². The summed E-state index contributed by atoms with van der Waals surface area (Å²) < 4.78 is 0. The smallest absolute Gasteiger partial charge is 0.244 e. The average molecular weight is 313 g/mol. The van der Waals surface area contributed by atoms with Crippen molar-refractivity contribution in [1.82, 2.24) is 16.0 Å². The van der Waals surface area contributed by atoms with Gasteiger partial charge in [0.05, 0.1) is 13.2 Å². The molecule has 0 aromatic carbocycles. The van der Waals surface area contributed by atoms with E-state index >= 15 is 0 Å². The van der Waals surface area contributed by atoms with Crippen molar-refractivity contribution in [3.8, 4) is 0 Å². The summed E-state index contributed by atoms with van der Waals surface area (Å²) in [4.78, 5) is 43.7. The molecule has 8 nitrogen and oxygen atoms in total. The van der Waals surface area contributed by atoms with Crippen molar-refractivity contribution in [2.75, 3.05) is 26.2 Å². The number of carbonyl (C=O) groups excluding carboxylic acids is 4. The zero-order valence-corrected chi connectivity index (χ0v) is 12.5. The van der Waals surface area contributed by atoms with Gasteiger partial charge in [0.15, 0.2) is 0 Å². The first kappa shape index (κ1) is 19.8. The lowest BCUT2D eigenvalue weighted by Crippen LogP contribution is -2.37. The number of allylic oxidation sites excluding steroid dienone is 1. The second-order valence-electron chi connectivity index (χ2n) is 4.45. The second-order valence-corrected chi connectivity index (χ2v) is 4.45. The Balaban J connectivity index is 3.49. The van der Waals surface area contributed by atoms with Crippen LogP contribution in [0.1, 0.15) is 25.7 Å². The van der Waals surface area contributed by atoms with Gasteiger partial charge in [-0.3, -0.25) is 19.2 Å². The first-order valence-electron chi connectivity index (χ1n) is 7.14. The molecule has 0 radical (unpaired) electrons. The Labute approximate surface area is 129 Å². The molecule has 0 aromatic rings. The summed E-state index contributed by atoms with van der Waals surface area (Å²) in [5.41, 5.74) is 0. The van der Waals surface area contributed by atoms with Crippen molar-refractivity contribution in [2.45, 2.75) is 25.7 Å². The average Bonchev–Trinajstić information content (AvgIpc) is 2.52. The van der Waals surface area contributed by atoms with Crippen LogP contribution in [0, 0.1) is 0 Å². The van der Waals surface area contributed by atoms with Crippen molar-refractivity contribution in [3.63, 3.8) is 0 Å². The van der Waals surface area contributed by atoms with E-state index < -0.39 is 0 Å². The molecule has 0 atom stereocenters. The molecule has 0 saturated heterocycles. The summed E-state index contributed by atoms with van der Waals surface area (Å²) in [5.74, 6) is -0.871.